The normalized spacial score (nSPS) is 21.1. The first-order valence-corrected chi connectivity index (χ1v) is 8.13. The molecule has 6 nitrogen and oxygen atoms in total. The summed E-state index contributed by atoms with van der Waals surface area (Å²) >= 11 is 0. The summed E-state index contributed by atoms with van der Waals surface area (Å²) in [5.41, 5.74) is -0.456. The van der Waals surface area contributed by atoms with E-state index in [1.54, 1.807) is 6.92 Å². The summed E-state index contributed by atoms with van der Waals surface area (Å²) in [5.74, 6) is -0.780. The molecule has 1 aliphatic heterocycles. The van der Waals surface area contributed by atoms with Crippen LogP contribution in [0.2, 0.25) is 0 Å². The van der Waals surface area contributed by atoms with Crippen molar-refractivity contribution in [1.29, 1.82) is 0 Å². The molecule has 1 unspecified atom stereocenters. The second-order valence-corrected chi connectivity index (χ2v) is 6.04. The lowest BCUT2D eigenvalue weighted by Gasteiger charge is -2.29. The number of hydrogen-bond acceptors (Lipinski definition) is 5. The number of ether oxygens (including phenoxy) is 2. The molecule has 0 N–H and O–H groups in total. The first-order chi connectivity index (χ1) is 11.5. The van der Waals surface area contributed by atoms with Crippen LogP contribution < -0.4 is 0 Å². The molecule has 0 aliphatic carbocycles. The number of ketones is 1. The zero-order chi connectivity index (χ0) is 17.6. The molecule has 6 heteroatoms. The van der Waals surface area contributed by atoms with Gasteiger partial charge in [0.15, 0.2) is 5.78 Å². The molecule has 2 rings (SSSR count). The second-order valence-electron chi connectivity index (χ2n) is 6.04. The third kappa shape index (κ3) is 4.13. The van der Waals surface area contributed by atoms with Gasteiger partial charge in [-0.05, 0) is 25.8 Å². The number of hydrogen-bond donors (Lipinski definition) is 0. The van der Waals surface area contributed by atoms with Gasteiger partial charge in [0.2, 0.25) is 0 Å². The fraction of sp³-hybridized carbons (Fsp3) is 0.500. The Hall–Kier alpha value is -2.37. The van der Waals surface area contributed by atoms with Crippen molar-refractivity contribution >= 4 is 17.8 Å². The Morgan fingerprint density at radius 2 is 1.92 bits per heavy atom. The van der Waals surface area contributed by atoms with Crippen molar-refractivity contribution < 1.29 is 23.9 Å². The second kappa shape index (κ2) is 7.95. The summed E-state index contributed by atoms with van der Waals surface area (Å²) < 4.78 is 10.3. The van der Waals surface area contributed by atoms with Gasteiger partial charge in [0, 0.05) is 19.5 Å². The minimum atomic E-state index is -1.34. The highest BCUT2D eigenvalue weighted by atomic mass is 16.6. The quantitative estimate of drug-likeness (QED) is 0.625. The number of nitrogens with zero attached hydrogens (tertiary/aromatic N) is 1. The fourth-order valence-electron chi connectivity index (χ4n) is 2.69. The van der Waals surface area contributed by atoms with Gasteiger partial charge in [0.25, 0.3) is 0 Å². The first-order valence-electron chi connectivity index (χ1n) is 8.13. The van der Waals surface area contributed by atoms with Crippen molar-refractivity contribution in [2.24, 2.45) is 5.41 Å². The largest absolute Gasteiger partial charge is 0.465 e. The third-order valence-electron chi connectivity index (χ3n) is 4.14. The van der Waals surface area contributed by atoms with Crippen LogP contribution in [0.4, 0.5) is 4.79 Å². The third-order valence-corrected chi connectivity index (χ3v) is 4.14. The molecule has 0 spiro atoms. The maximum atomic E-state index is 12.3. The standard InChI is InChI=1S/C18H23NO5/c1-3-23-16(21)18(2)13-19(11-7-10-15(18)20)17(22)24-12-14-8-5-4-6-9-14/h4-6,8-9H,3,7,10-13H2,1-2H3. The molecule has 1 amide bonds. The van der Waals surface area contributed by atoms with E-state index in [0.717, 1.165) is 5.56 Å². The van der Waals surface area contributed by atoms with Crippen LogP contribution in [-0.2, 0) is 25.7 Å². The van der Waals surface area contributed by atoms with Crippen molar-refractivity contribution in [3.05, 3.63) is 35.9 Å². The Bertz CT molecular complexity index is 601. The van der Waals surface area contributed by atoms with E-state index >= 15 is 0 Å². The van der Waals surface area contributed by atoms with Crippen molar-refractivity contribution in [2.45, 2.75) is 33.3 Å². The number of carbonyl (C=O) groups is 3. The topological polar surface area (TPSA) is 72.9 Å². The van der Waals surface area contributed by atoms with Crippen LogP contribution in [0.5, 0.6) is 0 Å². The predicted octanol–water partition coefficient (Wildman–Crippen LogP) is 2.56. The minimum absolute atomic E-state index is 0.0156. The Balaban J connectivity index is 2.04. The summed E-state index contributed by atoms with van der Waals surface area (Å²) in [5, 5.41) is 0. The average molecular weight is 333 g/mol. The highest BCUT2D eigenvalue weighted by Gasteiger charge is 2.46. The van der Waals surface area contributed by atoms with Crippen molar-refractivity contribution in [1.82, 2.24) is 4.90 Å². The van der Waals surface area contributed by atoms with E-state index in [4.69, 9.17) is 9.47 Å². The van der Waals surface area contributed by atoms with Crippen LogP contribution in [0.1, 0.15) is 32.3 Å². The molecule has 130 valence electrons. The molecule has 1 saturated heterocycles. The van der Waals surface area contributed by atoms with E-state index in [1.165, 1.54) is 11.8 Å². The van der Waals surface area contributed by atoms with Crippen LogP contribution in [-0.4, -0.2) is 42.4 Å². The molecule has 0 aromatic heterocycles. The highest BCUT2D eigenvalue weighted by Crippen LogP contribution is 2.28. The van der Waals surface area contributed by atoms with Crippen LogP contribution in [0.3, 0.4) is 0 Å². The highest BCUT2D eigenvalue weighted by molar-refractivity contribution is 6.04. The zero-order valence-corrected chi connectivity index (χ0v) is 14.1. The molecule has 24 heavy (non-hydrogen) atoms. The van der Waals surface area contributed by atoms with E-state index < -0.39 is 17.5 Å². The van der Waals surface area contributed by atoms with E-state index in [-0.39, 0.29) is 32.0 Å². The Morgan fingerprint density at radius 3 is 2.58 bits per heavy atom. The SMILES string of the molecule is CCOC(=O)C1(C)CN(C(=O)OCc2ccccc2)CCCC1=O. The molecular weight excluding hydrogens is 310 g/mol. The molecule has 1 aromatic carbocycles. The maximum Gasteiger partial charge on any atom is 0.410 e. The summed E-state index contributed by atoms with van der Waals surface area (Å²) in [4.78, 5) is 38.3. The lowest BCUT2D eigenvalue weighted by molar-refractivity contribution is -0.159. The lowest BCUT2D eigenvalue weighted by Crippen LogP contribution is -2.47. The molecule has 1 atom stereocenters. The average Bonchev–Trinajstić information content (AvgIpc) is 2.74. The lowest BCUT2D eigenvalue weighted by atomic mass is 9.84. The van der Waals surface area contributed by atoms with E-state index in [2.05, 4.69) is 0 Å². The Morgan fingerprint density at radius 1 is 1.21 bits per heavy atom. The van der Waals surface area contributed by atoms with Crippen molar-refractivity contribution in [3.8, 4) is 0 Å². The van der Waals surface area contributed by atoms with Gasteiger partial charge in [-0.1, -0.05) is 30.3 Å². The maximum absolute atomic E-state index is 12.3. The number of Topliss-reactive ketones (excluding diaryl/α,β-unsaturated/α-hetero) is 1. The van der Waals surface area contributed by atoms with Crippen LogP contribution in [0.25, 0.3) is 0 Å². The number of benzene rings is 1. The van der Waals surface area contributed by atoms with Crippen LogP contribution in [0.15, 0.2) is 30.3 Å². The van der Waals surface area contributed by atoms with Crippen molar-refractivity contribution in [2.75, 3.05) is 19.7 Å². The van der Waals surface area contributed by atoms with Gasteiger partial charge in [-0.2, -0.15) is 0 Å². The number of amides is 1. The summed E-state index contributed by atoms with van der Waals surface area (Å²) in [7, 11) is 0. The van der Waals surface area contributed by atoms with Gasteiger partial charge in [-0.15, -0.1) is 0 Å². The molecule has 1 aromatic rings. The van der Waals surface area contributed by atoms with Crippen LogP contribution >= 0.6 is 0 Å². The summed E-state index contributed by atoms with van der Waals surface area (Å²) in [6, 6.07) is 9.34. The molecule has 1 aliphatic rings. The number of carbonyl (C=O) groups excluding carboxylic acids is 3. The van der Waals surface area contributed by atoms with Gasteiger partial charge >= 0.3 is 12.1 Å². The van der Waals surface area contributed by atoms with E-state index in [0.29, 0.717) is 13.0 Å². The van der Waals surface area contributed by atoms with Gasteiger partial charge < -0.3 is 14.4 Å². The Kier molecular flexibility index (Phi) is 5.95. The Labute approximate surface area is 141 Å². The molecule has 1 heterocycles. The molecule has 0 bridgehead atoms. The predicted molar refractivity (Wildman–Crippen MR) is 87.2 cm³/mol. The fourth-order valence-corrected chi connectivity index (χ4v) is 2.69. The minimum Gasteiger partial charge on any atom is -0.465 e. The van der Waals surface area contributed by atoms with Gasteiger partial charge in [0.05, 0.1) is 6.61 Å². The number of likely N-dealkylation sites (tertiary alicyclic amines) is 1. The van der Waals surface area contributed by atoms with Crippen LogP contribution in [0, 0.1) is 5.41 Å². The molecule has 0 saturated carbocycles. The smallest absolute Gasteiger partial charge is 0.410 e. The summed E-state index contributed by atoms with van der Waals surface area (Å²) in [6.45, 7) is 3.94. The number of esters is 1. The molecule has 1 fully saturated rings. The molecule has 0 radical (unpaired) electrons. The number of rotatable bonds is 4. The van der Waals surface area contributed by atoms with E-state index in [9.17, 15) is 14.4 Å². The summed E-state index contributed by atoms with van der Waals surface area (Å²) in [6.07, 6.45) is 0.232. The first kappa shape index (κ1) is 18.0. The van der Waals surface area contributed by atoms with Crippen molar-refractivity contribution in [3.63, 3.8) is 0 Å². The monoisotopic (exact) mass is 333 g/mol. The van der Waals surface area contributed by atoms with E-state index in [1.807, 2.05) is 30.3 Å². The van der Waals surface area contributed by atoms with Gasteiger partial charge in [-0.25, -0.2) is 4.79 Å². The van der Waals surface area contributed by atoms with Gasteiger partial charge in [-0.3, -0.25) is 9.59 Å². The molecular formula is C18H23NO5. The zero-order valence-electron chi connectivity index (χ0n) is 14.1. The van der Waals surface area contributed by atoms with Gasteiger partial charge in [0.1, 0.15) is 12.0 Å².